The number of carbonyl (C=O) groups excluding carboxylic acids is 1. The average molecular weight is 454 g/mol. The third-order valence-electron chi connectivity index (χ3n) is 4.27. The van der Waals surface area contributed by atoms with Crippen molar-refractivity contribution in [3.05, 3.63) is 47.5 Å². The van der Waals surface area contributed by atoms with Crippen LogP contribution in [-0.4, -0.2) is 58.3 Å². The fourth-order valence-corrected chi connectivity index (χ4v) is 3.20. The Kier molecular flexibility index (Phi) is 9.57. The third-order valence-corrected chi connectivity index (χ3v) is 4.61. The number of hydrogen-bond acceptors (Lipinski definition) is 6. The number of hydrogen-bond donors (Lipinski definition) is 1. The van der Waals surface area contributed by atoms with Crippen molar-refractivity contribution in [3.8, 4) is 17.2 Å². The lowest BCUT2D eigenvalue weighted by atomic mass is 10.1. The van der Waals surface area contributed by atoms with E-state index < -0.39 is 5.91 Å². The summed E-state index contributed by atoms with van der Waals surface area (Å²) in [6.45, 7) is 1.43. The van der Waals surface area contributed by atoms with E-state index in [1.807, 2.05) is 24.3 Å². The third kappa shape index (κ3) is 6.18. The van der Waals surface area contributed by atoms with E-state index in [0.717, 1.165) is 11.3 Å². The van der Waals surface area contributed by atoms with E-state index >= 15 is 0 Å². The molecule has 30 heavy (non-hydrogen) atoms. The number of ether oxygens (including phenoxy) is 3. The van der Waals surface area contributed by atoms with Crippen LogP contribution in [0.5, 0.6) is 17.2 Å². The number of halogens is 2. The van der Waals surface area contributed by atoms with Gasteiger partial charge in [-0.1, -0.05) is 12.1 Å². The Morgan fingerprint density at radius 2 is 1.57 bits per heavy atom. The molecule has 7 nitrogen and oxygen atoms in total. The van der Waals surface area contributed by atoms with Gasteiger partial charge in [0.15, 0.2) is 11.5 Å². The maximum Gasteiger partial charge on any atom is 0.271 e. The van der Waals surface area contributed by atoms with Gasteiger partial charge in [-0.05, 0) is 29.8 Å². The number of amides is 1. The van der Waals surface area contributed by atoms with Crippen molar-refractivity contribution in [2.75, 3.05) is 51.1 Å². The molecule has 0 heterocycles. The smallest absolute Gasteiger partial charge is 0.271 e. The molecule has 2 aromatic rings. The van der Waals surface area contributed by atoms with Gasteiger partial charge in [-0.3, -0.25) is 4.79 Å². The standard InChI is InChI=1S/C21H25Cl2N3O4/c1-28-18-12-16(13-19(29-2)20(18)30-3)21(27)25-24-14-15-4-6-17(7-5-15)26(10-8-22)11-9-23/h4-7,12-14H,8-11H2,1-3H3,(H,25,27). The lowest BCUT2D eigenvalue weighted by Crippen LogP contribution is -2.27. The second-order valence-electron chi connectivity index (χ2n) is 6.07. The van der Waals surface area contributed by atoms with E-state index in [-0.39, 0.29) is 0 Å². The Labute approximate surface area is 186 Å². The first-order valence-corrected chi connectivity index (χ1v) is 10.2. The number of hydrazone groups is 1. The highest BCUT2D eigenvalue weighted by Gasteiger charge is 2.16. The number of methoxy groups -OCH3 is 3. The van der Waals surface area contributed by atoms with Gasteiger partial charge in [0.1, 0.15) is 0 Å². The molecule has 0 saturated heterocycles. The van der Waals surface area contributed by atoms with Crippen LogP contribution in [0, 0.1) is 0 Å². The molecule has 0 fully saturated rings. The zero-order chi connectivity index (χ0) is 21.9. The molecule has 0 aromatic heterocycles. The molecule has 0 unspecified atom stereocenters. The summed E-state index contributed by atoms with van der Waals surface area (Å²) in [6, 6.07) is 10.8. The van der Waals surface area contributed by atoms with Gasteiger partial charge in [0.2, 0.25) is 5.75 Å². The summed E-state index contributed by atoms with van der Waals surface area (Å²) in [5, 5.41) is 4.03. The van der Waals surface area contributed by atoms with E-state index in [0.29, 0.717) is 47.7 Å². The van der Waals surface area contributed by atoms with Crippen LogP contribution in [0.15, 0.2) is 41.5 Å². The maximum absolute atomic E-state index is 12.4. The van der Waals surface area contributed by atoms with E-state index in [4.69, 9.17) is 37.4 Å². The largest absolute Gasteiger partial charge is 0.493 e. The highest BCUT2D eigenvalue weighted by Crippen LogP contribution is 2.38. The van der Waals surface area contributed by atoms with Crippen LogP contribution in [-0.2, 0) is 0 Å². The average Bonchev–Trinajstić information content (AvgIpc) is 2.78. The molecule has 0 saturated carbocycles. The van der Waals surface area contributed by atoms with Crippen molar-refractivity contribution < 1.29 is 19.0 Å². The first kappa shape index (κ1) is 23.6. The number of rotatable bonds is 11. The van der Waals surface area contributed by atoms with Gasteiger partial charge < -0.3 is 19.1 Å². The zero-order valence-electron chi connectivity index (χ0n) is 17.2. The van der Waals surface area contributed by atoms with Crippen LogP contribution >= 0.6 is 23.2 Å². The maximum atomic E-state index is 12.4. The fraction of sp³-hybridized carbons (Fsp3) is 0.333. The number of benzene rings is 2. The Balaban J connectivity index is 2.07. The summed E-state index contributed by atoms with van der Waals surface area (Å²) in [4.78, 5) is 14.6. The van der Waals surface area contributed by atoms with E-state index in [1.165, 1.54) is 21.3 Å². The van der Waals surface area contributed by atoms with Crippen LogP contribution in [0.25, 0.3) is 0 Å². The molecule has 0 aliphatic heterocycles. The lowest BCUT2D eigenvalue weighted by molar-refractivity contribution is 0.0954. The number of anilines is 1. The number of carbonyl (C=O) groups is 1. The van der Waals surface area contributed by atoms with Gasteiger partial charge in [0.25, 0.3) is 5.91 Å². The number of nitrogens with one attached hydrogen (secondary N) is 1. The molecular weight excluding hydrogens is 429 g/mol. The van der Waals surface area contributed by atoms with Crippen molar-refractivity contribution >= 4 is 41.0 Å². The Morgan fingerprint density at radius 3 is 2.03 bits per heavy atom. The monoisotopic (exact) mass is 453 g/mol. The van der Waals surface area contributed by atoms with Crippen LogP contribution in [0.1, 0.15) is 15.9 Å². The molecule has 1 amide bonds. The molecule has 0 spiro atoms. The topological polar surface area (TPSA) is 72.4 Å². The van der Waals surface area contributed by atoms with E-state index in [9.17, 15) is 4.79 Å². The van der Waals surface area contributed by atoms with Crippen molar-refractivity contribution in [2.45, 2.75) is 0 Å². The van der Waals surface area contributed by atoms with E-state index in [1.54, 1.807) is 18.3 Å². The lowest BCUT2D eigenvalue weighted by Gasteiger charge is -2.22. The van der Waals surface area contributed by atoms with Crippen molar-refractivity contribution in [1.82, 2.24) is 5.43 Å². The first-order chi connectivity index (χ1) is 14.6. The van der Waals surface area contributed by atoms with Crippen molar-refractivity contribution in [3.63, 3.8) is 0 Å². The van der Waals surface area contributed by atoms with Gasteiger partial charge in [-0.15, -0.1) is 23.2 Å². The van der Waals surface area contributed by atoms with Crippen LogP contribution < -0.4 is 24.5 Å². The SMILES string of the molecule is COc1cc(C(=O)NN=Cc2ccc(N(CCCl)CCCl)cc2)cc(OC)c1OC. The molecule has 1 N–H and O–H groups in total. The summed E-state index contributed by atoms with van der Waals surface area (Å²) in [5.41, 5.74) is 4.68. The summed E-state index contributed by atoms with van der Waals surface area (Å²) in [6.07, 6.45) is 1.56. The number of nitrogens with zero attached hydrogens (tertiary/aromatic N) is 2. The normalized spacial score (nSPS) is 10.7. The second kappa shape index (κ2) is 12.1. The molecule has 0 aliphatic carbocycles. The molecule has 0 bridgehead atoms. The Bertz CT molecular complexity index is 829. The van der Waals surface area contributed by atoms with Gasteiger partial charge >= 0.3 is 0 Å². The quantitative estimate of drug-likeness (QED) is 0.318. The van der Waals surface area contributed by atoms with Gasteiger partial charge in [-0.2, -0.15) is 5.10 Å². The van der Waals surface area contributed by atoms with Crippen LogP contribution in [0.3, 0.4) is 0 Å². The van der Waals surface area contributed by atoms with Gasteiger partial charge in [0, 0.05) is 36.1 Å². The first-order valence-electron chi connectivity index (χ1n) is 9.18. The van der Waals surface area contributed by atoms with Gasteiger partial charge in [0.05, 0.1) is 27.5 Å². The zero-order valence-corrected chi connectivity index (χ0v) is 18.7. The minimum Gasteiger partial charge on any atom is -0.493 e. The summed E-state index contributed by atoms with van der Waals surface area (Å²) in [5.74, 6) is 1.83. The fourth-order valence-electron chi connectivity index (χ4n) is 2.79. The summed E-state index contributed by atoms with van der Waals surface area (Å²) >= 11 is 11.7. The minimum atomic E-state index is -0.405. The second-order valence-corrected chi connectivity index (χ2v) is 6.83. The molecule has 162 valence electrons. The molecule has 0 aliphatic rings. The Morgan fingerprint density at radius 1 is 1.00 bits per heavy atom. The van der Waals surface area contributed by atoms with Crippen molar-refractivity contribution in [2.24, 2.45) is 5.10 Å². The Hall–Kier alpha value is -2.64. The van der Waals surface area contributed by atoms with Crippen molar-refractivity contribution in [1.29, 1.82) is 0 Å². The molecule has 2 aromatic carbocycles. The highest BCUT2D eigenvalue weighted by atomic mass is 35.5. The molecule has 0 atom stereocenters. The molecular formula is C21H25Cl2N3O4. The predicted molar refractivity (Wildman–Crippen MR) is 121 cm³/mol. The molecule has 2 rings (SSSR count). The van der Waals surface area contributed by atoms with Gasteiger partial charge in [-0.25, -0.2) is 5.43 Å². The van der Waals surface area contributed by atoms with E-state index in [2.05, 4.69) is 15.4 Å². The summed E-state index contributed by atoms with van der Waals surface area (Å²) < 4.78 is 15.8. The minimum absolute atomic E-state index is 0.329. The molecule has 0 radical (unpaired) electrons. The number of alkyl halides is 2. The van der Waals surface area contributed by atoms with Crippen LogP contribution in [0.2, 0.25) is 0 Å². The highest BCUT2D eigenvalue weighted by molar-refractivity contribution is 6.18. The summed E-state index contributed by atoms with van der Waals surface area (Å²) in [7, 11) is 4.48. The predicted octanol–water partition coefficient (Wildman–Crippen LogP) is 3.76. The van der Waals surface area contributed by atoms with Crippen LogP contribution in [0.4, 0.5) is 5.69 Å². The molecule has 9 heteroatoms.